The summed E-state index contributed by atoms with van der Waals surface area (Å²) >= 11 is 1.69. The van der Waals surface area contributed by atoms with E-state index in [-0.39, 0.29) is 78.2 Å². The second kappa shape index (κ2) is 16.8. The van der Waals surface area contributed by atoms with Crippen LogP contribution in [0.25, 0.3) is 0 Å². The van der Waals surface area contributed by atoms with Gasteiger partial charge >= 0.3 is 65.3 Å². The molecule has 0 rings (SSSR count). The van der Waals surface area contributed by atoms with Crippen LogP contribution in [-0.4, -0.2) is 45.5 Å². The van der Waals surface area contributed by atoms with Crippen LogP contribution < -0.4 is 0 Å². The molecule has 0 aliphatic heterocycles. The van der Waals surface area contributed by atoms with E-state index in [1.54, 1.807) is 15.9 Å². The summed E-state index contributed by atoms with van der Waals surface area (Å²) in [6, 6.07) is 0. The van der Waals surface area contributed by atoms with Crippen LogP contribution in [0.15, 0.2) is 0 Å². The van der Waals surface area contributed by atoms with E-state index >= 15 is 0 Å². The zero-order valence-corrected chi connectivity index (χ0v) is 5.38. The molecule has 0 saturated carbocycles. The summed E-state index contributed by atoms with van der Waals surface area (Å²) in [6.07, 6.45) is 0. The molecule has 0 spiro atoms. The van der Waals surface area contributed by atoms with Crippen molar-refractivity contribution >= 4 is 45.5 Å². The maximum Gasteiger partial charge on any atom is 0 e. The minimum atomic E-state index is 0. The Morgan fingerprint density at radius 3 is 1.25 bits per heavy atom. The van der Waals surface area contributed by atoms with Crippen molar-refractivity contribution in [1.82, 2.24) is 0 Å². The Morgan fingerprint density at radius 1 is 1.25 bits per heavy atom. The van der Waals surface area contributed by atoms with Crippen LogP contribution >= 0.6 is 0 Å². The van der Waals surface area contributed by atoms with Crippen molar-refractivity contribution in [3.05, 3.63) is 0 Å². The maximum atomic E-state index is 8.06. The van der Waals surface area contributed by atoms with Gasteiger partial charge in [-0.1, -0.05) is 0 Å². The molecule has 0 heterocycles. The predicted octanol–water partition coefficient (Wildman–Crippen LogP) is -1.04. The molecule has 0 N–H and O–H groups in total. The molecule has 1 nitrogen and oxygen atoms in total. The van der Waals surface area contributed by atoms with E-state index < -0.39 is 0 Å². The first-order valence-electron chi connectivity index (χ1n) is 0.154. The summed E-state index contributed by atoms with van der Waals surface area (Å²) in [4.78, 5) is 0. The molecule has 0 bridgehead atoms. The van der Waals surface area contributed by atoms with Crippen molar-refractivity contribution in [2.75, 3.05) is 0 Å². The van der Waals surface area contributed by atoms with E-state index in [0.717, 1.165) is 0 Å². The molecule has 0 aromatic carbocycles. The zero-order chi connectivity index (χ0) is 2.00. The summed E-state index contributed by atoms with van der Waals surface area (Å²) in [6.45, 7) is 0. The largest absolute Gasteiger partial charge is 0 e. The summed E-state index contributed by atoms with van der Waals surface area (Å²) in [7, 11) is 0. The molecule has 1 radical (unpaired) electrons. The van der Waals surface area contributed by atoms with Crippen molar-refractivity contribution in [2.45, 2.75) is 0 Å². The molecule has 0 unspecified atom stereocenters. The fraction of sp³-hybridized carbons (Fsp3) is 0. The van der Waals surface area contributed by atoms with Crippen LogP contribution in [0, 0.1) is 0 Å². The van der Waals surface area contributed by atoms with Crippen LogP contribution in [0.4, 0.5) is 0 Å². The molecule has 0 saturated heterocycles. The average molecular weight is 249 g/mol. The number of rotatable bonds is 0. The third-order valence-electron chi connectivity index (χ3n) is 0. The average Bonchev–Trinajstić information content (AvgIpc) is 1.00. The second-order valence-electron chi connectivity index (χ2n) is 0. The van der Waals surface area contributed by atoms with Gasteiger partial charge in [-0.3, -0.25) is 0 Å². The molecule has 0 aliphatic carbocycles. The Kier molecular flexibility index (Phi) is 66.5. The van der Waals surface area contributed by atoms with Crippen LogP contribution in [0.1, 0.15) is 0 Å². The first-order chi connectivity index (χ1) is 1.00. The SMILES string of the molecule is [O]=[Mn].[SrH2].[Y]. The van der Waals surface area contributed by atoms with Gasteiger partial charge in [-0.05, 0) is 0 Å². The molecule has 0 aromatic heterocycles. The molecule has 0 atom stereocenters. The smallest absolute Gasteiger partial charge is 0 e. The van der Waals surface area contributed by atoms with Crippen LogP contribution in [0.2, 0.25) is 0 Å². The zero-order valence-electron chi connectivity index (χ0n) is 1.36. The second-order valence-corrected chi connectivity index (χ2v) is 0. The summed E-state index contributed by atoms with van der Waals surface area (Å²) < 4.78 is 8.06. The summed E-state index contributed by atoms with van der Waals surface area (Å²) in [5, 5.41) is 0. The van der Waals surface area contributed by atoms with Crippen molar-refractivity contribution < 1.29 is 52.5 Å². The number of hydrogen-bond acceptors (Lipinski definition) is 1. The summed E-state index contributed by atoms with van der Waals surface area (Å²) in [5.74, 6) is 0. The Bertz CT molecular complexity index is 8.00. The van der Waals surface area contributed by atoms with Crippen LogP contribution in [0.5, 0.6) is 0 Å². The van der Waals surface area contributed by atoms with Gasteiger partial charge in [-0.25, -0.2) is 0 Å². The number of hydrogen-bond donors (Lipinski definition) is 0. The van der Waals surface area contributed by atoms with Gasteiger partial charge in [0.25, 0.3) is 0 Å². The van der Waals surface area contributed by atoms with E-state index in [2.05, 4.69) is 0 Å². The Morgan fingerprint density at radius 2 is 1.25 bits per heavy atom. The van der Waals surface area contributed by atoms with E-state index in [9.17, 15) is 0 Å². The Balaban J connectivity index is -0.00000000500. The third kappa shape index (κ3) is 8.86. The maximum absolute atomic E-state index is 8.06. The molecule has 4 heteroatoms. The Labute approximate surface area is 95.5 Å². The van der Waals surface area contributed by atoms with E-state index in [4.69, 9.17) is 3.83 Å². The van der Waals surface area contributed by atoms with E-state index in [1.165, 1.54) is 0 Å². The summed E-state index contributed by atoms with van der Waals surface area (Å²) in [5.41, 5.74) is 0. The first kappa shape index (κ1) is 15.8. The topological polar surface area (TPSA) is 17.1 Å². The van der Waals surface area contributed by atoms with Crippen molar-refractivity contribution in [3.8, 4) is 0 Å². The van der Waals surface area contributed by atoms with Gasteiger partial charge in [0, 0.05) is 32.7 Å². The van der Waals surface area contributed by atoms with E-state index in [0.29, 0.717) is 0 Å². The fourth-order valence-corrected chi connectivity index (χ4v) is 0. The van der Waals surface area contributed by atoms with E-state index in [1.807, 2.05) is 0 Å². The Hall–Kier alpha value is 2.90. The fourth-order valence-electron chi connectivity index (χ4n) is 0. The van der Waals surface area contributed by atoms with Gasteiger partial charge in [0.15, 0.2) is 0 Å². The van der Waals surface area contributed by atoms with Gasteiger partial charge in [0.05, 0.1) is 0 Å². The molecular weight excluding hydrogens is 247 g/mol. The normalized spacial score (nSPS) is 1.00. The van der Waals surface area contributed by atoms with Gasteiger partial charge < -0.3 is 0 Å². The molecular formula is H2MnOSrY. The van der Waals surface area contributed by atoms with Gasteiger partial charge in [-0.2, -0.15) is 0 Å². The standard InChI is InChI=1S/Mn.O.Sr.Y.2H. The van der Waals surface area contributed by atoms with Crippen LogP contribution in [-0.2, 0) is 52.5 Å². The van der Waals surface area contributed by atoms with Crippen molar-refractivity contribution in [3.63, 3.8) is 0 Å². The van der Waals surface area contributed by atoms with Gasteiger partial charge in [0.2, 0.25) is 0 Å². The molecule has 0 amide bonds. The molecule has 0 aromatic rings. The monoisotopic (exact) mass is 250 g/mol. The quantitative estimate of drug-likeness (QED) is 0.501. The molecule has 4 heavy (non-hydrogen) atoms. The third-order valence-corrected chi connectivity index (χ3v) is 0. The van der Waals surface area contributed by atoms with Crippen molar-refractivity contribution in [1.29, 1.82) is 0 Å². The predicted molar refractivity (Wildman–Crippen MR) is 9.23 cm³/mol. The molecule has 20 valence electrons. The van der Waals surface area contributed by atoms with Crippen molar-refractivity contribution in [2.24, 2.45) is 0 Å². The molecule has 0 fully saturated rings. The molecule has 0 aliphatic rings. The van der Waals surface area contributed by atoms with Gasteiger partial charge in [-0.15, -0.1) is 0 Å². The van der Waals surface area contributed by atoms with Gasteiger partial charge in [0.1, 0.15) is 0 Å². The first-order valence-corrected chi connectivity index (χ1v) is 0.636. The minimum Gasteiger partial charge on any atom is 0 e. The van der Waals surface area contributed by atoms with Crippen LogP contribution in [0.3, 0.4) is 0 Å². The minimum absolute atomic E-state index is 0.